The van der Waals surface area contributed by atoms with E-state index in [1.165, 1.54) is 7.11 Å². The number of rotatable bonds is 11. The number of hydrogen-bond donors (Lipinski definition) is 5. The highest BCUT2D eigenvalue weighted by Gasteiger charge is 2.79. The second kappa shape index (κ2) is 11.5. The third-order valence-corrected chi connectivity index (χ3v) is 10.2. The van der Waals surface area contributed by atoms with Crippen LogP contribution in [0.5, 0.6) is 11.5 Å². The van der Waals surface area contributed by atoms with E-state index in [0.29, 0.717) is 25.8 Å². The molecule has 2 fully saturated rings. The van der Waals surface area contributed by atoms with Gasteiger partial charge in [0.1, 0.15) is 17.3 Å². The molecule has 0 aromatic heterocycles. The average molecular weight is 586 g/mol. The Morgan fingerprint density at radius 3 is 2.42 bits per heavy atom. The minimum absolute atomic E-state index is 0.0839. The number of ketones is 1. The fourth-order valence-electron chi connectivity index (χ4n) is 7.89. The number of aromatic hydroxyl groups is 2. The van der Waals surface area contributed by atoms with E-state index >= 15 is 0 Å². The molecule has 0 saturated heterocycles. The molecule has 3 aromatic rings. The van der Waals surface area contributed by atoms with Gasteiger partial charge in [0.15, 0.2) is 5.79 Å². The number of methoxy groups -OCH3 is 1. The molecule has 0 aliphatic heterocycles. The first-order chi connectivity index (χ1) is 20.4. The molecule has 0 unspecified atom stereocenters. The Hall–Kier alpha value is -3.49. The summed E-state index contributed by atoms with van der Waals surface area (Å²) in [7, 11) is 3.30. The Kier molecular flexibility index (Phi) is 8.31. The molecule has 7 nitrogen and oxygen atoms in total. The molecule has 2 saturated carbocycles. The minimum atomic E-state index is -1.71. The van der Waals surface area contributed by atoms with E-state index in [1.807, 2.05) is 57.3 Å². The Labute approximate surface area is 253 Å². The van der Waals surface area contributed by atoms with Crippen LogP contribution in [-0.2, 0) is 28.9 Å². The molecule has 2 aliphatic rings. The fraction of sp³-hybridized carbons (Fsp3) is 0.417. The first kappa shape index (κ1) is 31.0. The maximum absolute atomic E-state index is 14.1. The Morgan fingerprint density at radius 1 is 1.05 bits per heavy atom. The van der Waals surface area contributed by atoms with Crippen molar-refractivity contribution in [3.05, 3.63) is 95.1 Å². The van der Waals surface area contributed by atoms with Gasteiger partial charge in [-0.15, -0.1) is 0 Å². The zero-order chi connectivity index (χ0) is 31.2. The molecule has 228 valence electrons. The molecule has 43 heavy (non-hydrogen) atoms. The van der Waals surface area contributed by atoms with E-state index in [9.17, 15) is 25.2 Å². The van der Waals surface area contributed by atoms with Crippen LogP contribution in [-0.4, -0.2) is 52.8 Å². The standard InChI is InChI=1S/C36H43NO6/c1-22-33-28(21-38)19-35(34(22,2)3,36(33,42)43-5)32(41)14-11-23-7-6-8-25(15-23)26-17-27(20-37-4)30(31(40)18-26)16-24-9-12-29(39)13-10-24/h6-10,12-13,15,17-18,28,33,37-40,42H,1,11,14,16,19-21H2,2-5H3/t28-,33+,35-,36+/m1/s1. The average Bonchev–Trinajstić information content (AvgIpc) is 3.34. The molecule has 7 heteroatoms. The zero-order valence-electron chi connectivity index (χ0n) is 25.5. The van der Waals surface area contributed by atoms with Gasteiger partial charge in [-0.2, -0.15) is 0 Å². The maximum atomic E-state index is 14.1. The quantitative estimate of drug-likeness (QED) is 0.157. The summed E-state index contributed by atoms with van der Waals surface area (Å²) in [5.74, 6) is -2.17. The van der Waals surface area contributed by atoms with Gasteiger partial charge in [-0.3, -0.25) is 4.79 Å². The number of aliphatic hydroxyl groups excluding tert-OH is 1. The van der Waals surface area contributed by atoms with Crippen molar-refractivity contribution in [1.29, 1.82) is 0 Å². The largest absolute Gasteiger partial charge is 0.508 e. The third-order valence-electron chi connectivity index (χ3n) is 10.2. The lowest BCUT2D eigenvalue weighted by Gasteiger charge is -2.46. The fourth-order valence-corrected chi connectivity index (χ4v) is 7.89. The first-order valence-corrected chi connectivity index (χ1v) is 14.9. The highest BCUT2D eigenvalue weighted by atomic mass is 16.6. The Morgan fingerprint density at radius 2 is 1.77 bits per heavy atom. The second-order valence-corrected chi connectivity index (χ2v) is 12.7. The van der Waals surface area contributed by atoms with Crippen LogP contribution >= 0.6 is 0 Å². The van der Waals surface area contributed by atoms with E-state index in [2.05, 4.69) is 18.0 Å². The summed E-state index contributed by atoms with van der Waals surface area (Å²) >= 11 is 0. The van der Waals surface area contributed by atoms with Crippen molar-refractivity contribution in [3.8, 4) is 22.6 Å². The molecule has 3 aromatic carbocycles. The summed E-state index contributed by atoms with van der Waals surface area (Å²) in [6, 6.07) is 18.8. The lowest BCUT2D eigenvalue weighted by atomic mass is 9.58. The van der Waals surface area contributed by atoms with Crippen LogP contribution in [0.4, 0.5) is 0 Å². The maximum Gasteiger partial charge on any atom is 0.185 e. The highest BCUT2D eigenvalue weighted by Crippen LogP contribution is 2.73. The smallest absolute Gasteiger partial charge is 0.185 e. The molecule has 2 aliphatic carbocycles. The predicted octanol–water partition coefficient (Wildman–Crippen LogP) is 5.12. The number of carbonyl (C=O) groups excluding carboxylic acids is 1. The number of ether oxygens (including phenoxy) is 1. The van der Waals surface area contributed by atoms with Crippen molar-refractivity contribution in [2.45, 2.75) is 51.9 Å². The van der Waals surface area contributed by atoms with Gasteiger partial charge in [0, 0.05) is 50.0 Å². The van der Waals surface area contributed by atoms with Crippen molar-refractivity contribution >= 4 is 5.78 Å². The third kappa shape index (κ3) is 4.89. The van der Waals surface area contributed by atoms with Gasteiger partial charge >= 0.3 is 0 Å². The zero-order valence-corrected chi connectivity index (χ0v) is 25.5. The van der Waals surface area contributed by atoms with Crippen molar-refractivity contribution in [3.63, 3.8) is 0 Å². The lowest BCUT2D eigenvalue weighted by Crippen LogP contribution is -2.55. The summed E-state index contributed by atoms with van der Waals surface area (Å²) in [5.41, 5.74) is 4.43. The van der Waals surface area contributed by atoms with Gasteiger partial charge in [0.2, 0.25) is 0 Å². The monoisotopic (exact) mass is 585 g/mol. The number of phenols is 2. The second-order valence-electron chi connectivity index (χ2n) is 12.7. The number of carbonyl (C=O) groups is 1. The Bertz CT molecular complexity index is 1530. The first-order valence-electron chi connectivity index (χ1n) is 14.9. The van der Waals surface area contributed by atoms with Gasteiger partial charge in [0.05, 0.1) is 5.41 Å². The summed E-state index contributed by atoms with van der Waals surface area (Å²) in [6.07, 6.45) is 1.56. The van der Waals surface area contributed by atoms with Crippen LogP contribution in [0.2, 0.25) is 0 Å². The predicted molar refractivity (Wildman–Crippen MR) is 167 cm³/mol. The van der Waals surface area contributed by atoms with Crippen LogP contribution in [0.1, 0.15) is 48.9 Å². The molecule has 0 heterocycles. The number of phenolic OH excluding ortho intramolecular Hbond substituents is 2. The van der Waals surface area contributed by atoms with Crippen molar-refractivity contribution in [2.24, 2.45) is 22.7 Å². The van der Waals surface area contributed by atoms with Crippen LogP contribution in [0.3, 0.4) is 0 Å². The number of Topliss-reactive ketones (excluding diaryl/α,β-unsaturated/α-hetero) is 1. The van der Waals surface area contributed by atoms with E-state index in [4.69, 9.17) is 4.74 Å². The van der Waals surface area contributed by atoms with Gasteiger partial charge in [-0.1, -0.05) is 62.4 Å². The van der Waals surface area contributed by atoms with Gasteiger partial charge < -0.3 is 30.5 Å². The van der Waals surface area contributed by atoms with Crippen LogP contribution < -0.4 is 5.32 Å². The number of fused-ring (bicyclic) bond motifs is 2. The van der Waals surface area contributed by atoms with Crippen molar-refractivity contribution in [1.82, 2.24) is 5.32 Å². The van der Waals surface area contributed by atoms with Crippen LogP contribution in [0.15, 0.2) is 72.8 Å². The molecule has 4 atom stereocenters. The van der Waals surface area contributed by atoms with E-state index in [0.717, 1.165) is 39.0 Å². The topological polar surface area (TPSA) is 119 Å². The molecule has 2 bridgehead atoms. The van der Waals surface area contributed by atoms with Gasteiger partial charge in [-0.05, 0) is 77.9 Å². The highest BCUT2D eigenvalue weighted by molar-refractivity contribution is 5.89. The van der Waals surface area contributed by atoms with Crippen LogP contribution in [0.25, 0.3) is 11.1 Å². The number of nitrogens with one attached hydrogen (secondary N) is 1. The van der Waals surface area contributed by atoms with Gasteiger partial charge in [-0.25, -0.2) is 0 Å². The van der Waals surface area contributed by atoms with Crippen molar-refractivity contribution < 1.29 is 30.0 Å². The van der Waals surface area contributed by atoms with Crippen molar-refractivity contribution in [2.75, 3.05) is 20.8 Å². The summed E-state index contributed by atoms with van der Waals surface area (Å²) < 4.78 is 5.69. The summed E-state index contributed by atoms with van der Waals surface area (Å²) in [6.45, 7) is 8.58. The van der Waals surface area contributed by atoms with Gasteiger partial charge in [0.25, 0.3) is 0 Å². The minimum Gasteiger partial charge on any atom is -0.508 e. The summed E-state index contributed by atoms with van der Waals surface area (Å²) in [4.78, 5) is 14.1. The normalized spacial score (nSPS) is 25.8. The van der Waals surface area contributed by atoms with E-state index in [1.54, 1.807) is 18.2 Å². The lowest BCUT2D eigenvalue weighted by molar-refractivity contribution is -0.253. The molecule has 0 radical (unpaired) electrons. The molecule has 0 amide bonds. The summed E-state index contributed by atoms with van der Waals surface area (Å²) in [5, 5.41) is 45.8. The SMILES string of the molecule is C=C1[C@H]2[C@@H](CO)C[C@@](C(=O)CCc3cccc(-c4cc(O)c(Cc5ccc(O)cc5)c(CNC)c4)c3)(C1(C)C)[C@@]2(O)OC. The number of aryl methyl sites for hydroxylation is 1. The molecular formula is C36H43NO6. The number of benzene rings is 3. The van der Waals surface area contributed by atoms with E-state index < -0.39 is 22.5 Å². The molecule has 5 N–H and O–H groups in total. The molecule has 0 spiro atoms. The number of aliphatic hydroxyl groups is 2. The number of hydrogen-bond acceptors (Lipinski definition) is 7. The molecule has 5 rings (SSSR count). The molecular weight excluding hydrogens is 542 g/mol. The van der Waals surface area contributed by atoms with E-state index in [-0.39, 0.29) is 36.2 Å². The Balaban J connectivity index is 1.40. The van der Waals surface area contributed by atoms with Crippen LogP contribution in [0, 0.1) is 22.7 Å².